The van der Waals surface area contributed by atoms with Crippen molar-refractivity contribution in [2.24, 2.45) is 5.92 Å². The van der Waals surface area contributed by atoms with Crippen LogP contribution < -0.4 is 4.90 Å². The first-order valence-electron chi connectivity index (χ1n) is 6.38. The number of rotatable bonds is 2. The highest BCUT2D eigenvalue weighted by Gasteiger charge is 2.38. The van der Waals surface area contributed by atoms with Crippen molar-refractivity contribution in [1.29, 1.82) is 5.26 Å². The molecule has 18 heavy (non-hydrogen) atoms. The van der Waals surface area contributed by atoms with E-state index in [-0.39, 0.29) is 12.2 Å². The Balaban J connectivity index is 1.84. The van der Waals surface area contributed by atoms with Crippen LogP contribution in [0, 0.1) is 17.2 Å². The van der Waals surface area contributed by atoms with Crippen molar-refractivity contribution in [1.82, 2.24) is 9.97 Å². The Labute approximate surface area is 106 Å². The Hall–Kier alpha value is -1.67. The second-order valence-electron chi connectivity index (χ2n) is 5.10. The Morgan fingerprint density at radius 3 is 3.00 bits per heavy atom. The molecule has 0 spiro atoms. The van der Waals surface area contributed by atoms with Crippen molar-refractivity contribution in [3.05, 3.63) is 18.1 Å². The minimum absolute atomic E-state index is 0.186. The quantitative estimate of drug-likeness (QED) is 0.786. The second kappa shape index (κ2) is 4.54. The van der Waals surface area contributed by atoms with Gasteiger partial charge in [-0.2, -0.15) is 5.26 Å². The summed E-state index contributed by atoms with van der Waals surface area (Å²) in [6.45, 7) is 3.70. The molecule has 1 aliphatic carbocycles. The van der Waals surface area contributed by atoms with Gasteiger partial charge in [-0.1, -0.05) is 0 Å². The van der Waals surface area contributed by atoms with Crippen molar-refractivity contribution in [3.63, 3.8) is 0 Å². The molecule has 1 aliphatic heterocycles. The average Bonchev–Trinajstić information content (AvgIpc) is 3.22. The Morgan fingerprint density at radius 1 is 1.44 bits per heavy atom. The highest BCUT2D eigenvalue weighted by Crippen LogP contribution is 2.37. The normalized spacial score (nSPS) is 27.9. The van der Waals surface area contributed by atoms with Crippen LogP contribution in [0.25, 0.3) is 0 Å². The van der Waals surface area contributed by atoms with E-state index >= 15 is 0 Å². The van der Waals surface area contributed by atoms with Gasteiger partial charge in [-0.3, -0.25) is 0 Å². The van der Waals surface area contributed by atoms with Crippen LogP contribution in [0.15, 0.2) is 12.5 Å². The smallest absolute Gasteiger partial charge is 0.150 e. The summed E-state index contributed by atoms with van der Waals surface area (Å²) in [5, 5.41) is 9.11. The van der Waals surface area contributed by atoms with Crippen LogP contribution in [-0.2, 0) is 4.74 Å². The lowest BCUT2D eigenvalue weighted by atomic mass is 10.1. The third-order valence-corrected chi connectivity index (χ3v) is 3.54. The summed E-state index contributed by atoms with van der Waals surface area (Å²) in [6.07, 6.45) is 6.08. The molecule has 1 aromatic rings. The molecule has 0 N–H and O–H groups in total. The van der Waals surface area contributed by atoms with Crippen LogP contribution in [0.2, 0.25) is 0 Å². The van der Waals surface area contributed by atoms with Gasteiger partial charge in [0.05, 0.1) is 18.4 Å². The molecular weight excluding hydrogens is 228 g/mol. The Morgan fingerprint density at radius 2 is 2.28 bits per heavy atom. The van der Waals surface area contributed by atoms with Crippen molar-refractivity contribution < 1.29 is 4.74 Å². The van der Waals surface area contributed by atoms with Gasteiger partial charge in [-0.25, -0.2) is 9.97 Å². The summed E-state index contributed by atoms with van der Waals surface area (Å²) >= 11 is 0. The molecule has 1 saturated heterocycles. The van der Waals surface area contributed by atoms with Gasteiger partial charge in [0.2, 0.25) is 0 Å². The molecule has 0 bridgehead atoms. The Bertz CT molecular complexity index is 480. The molecule has 0 aromatic carbocycles. The fourth-order valence-corrected chi connectivity index (χ4v) is 2.54. The van der Waals surface area contributed by atoms with E-state index in [0.29, 0.717) is 11.5 Å². The van der Waals surface area contributed by atoms with E-state index in [0.717, 1.165) is 18.9 Å². The maximum atomic E-state index is 9.11. The highest BCUT2D eigenvalue weighted by atomic mass is 16.5. The van der Waals surface area contributed by atoms with Gasteiger partial charge in [0.15, 0.2) is 0 Å². The van der Waals surface area contributed by atoms with E-state index in [9.17, 15) is 0 Å². The lowest BCUT2D eigenvalue weighted by Gasteiger charge is -2.37. The molecule has 1 aromatic heterocycles. The molecule has 94 valence electrons. The highest BCUT2D eigenvalue weighted by molar-refractivity contribution is 5.52. The summed E-state index contributed by atoms with van der Waals surface area (Å²) in [5.74, 6) is 1.44. The first-order valence-corrected chi connectivity index (χ1v) is 6.38. The topological polar surface area (TPSA) is 62.0 Å². The summed E-state index contributed by atoms with van der Waals surface area (Å²) in [4.78, 5) is 10.3. The molecule has 5 heteroatoms. The van der Waals surface area contributed by atoms with Crippen LogP contribution in [0.3, 0.4) is 0 Å². The van der Waals surface area contributed by atoms with Gasteiger partial charge >= 0.3 is 0 Å². The molecule has 3 rings (SSSR count). The second-order valence-corrected chi connectivity index (χ2v) is 5.10. The third kappa shape index (κ3) is 2.16. The largest absolute Gasteiger partial charge is 0.371 e. The molecular formula is C13H16N4O. The van der Waals surface area contributed by atoms with E-state index in [1.165, 1.54) is 19.2 Å². The van der Waals surface area contributed by atoms with Gasteiger partial charge in [0.25, 0.3) is 0 Å². The number of hydrogen-bond donors (Lipinski definition) is 0. The third-order valence-electron chi connectivity index (χ3n) is 3.54. The summed E-state index contributed by atoms with van der Waals surface area (Å²) in [5.41, 5.74) is 0.543. The minimum Gasteiger partial charge on any atom is -0.371 e. The maximum absolute atomic E-state index is 9.11. The van der Waals surface area contributed by atoms with Crippen LogP contribution in [0.1, 0.15) is 25.3 Å². The number of morpholine rings is 1. The van der Waals surface area contributed by atoms with E-state index < -0.39 is 0 Å². The fourth-order valence-electron chi connectivity index (χ4n) is 2.54. The van der Waals surface area contributed by atoms with Crippen molar-refractivity contribution >= 4 is 5.82 Å². The lowest BCUT2D eigenvalue weighted by molar-refractivity contribution is -0.0273. The average molecular weight is 244 g/mol. The minimum atomic E-state index is 0.186. The molecule has 2 atom stereocenters. The monoisotopic (exact) mass is 244 g/mol. The van der Waals surface area contributed by atoms with Crippen LogP contribution >= 0.6 is 0 Å². The molecule has 2 aliphatic rings. The number of nitrogens with zero attached hydrogens (tertiary/aromatic N) is 4. The van der Waals surface area contributed by atoms with E-state index in [4.69, 9.17) is 10.00 Å². The van der Waals surface area contributed by atoms with Gasteiger partial charge in [0.1, 0.15) is 23.8 Å². The van der Waals surface area contributed by atoms with Gasteiger partial charge in [-0.15, -0.1) is 0 Å². The molecule has 2 fully saturated rings. The lowest BCUT2D eigenvalue weighted by Crippen LogP contribution is -2.48. The number of anilines is 1. The number of hydrogen-bond acceptors (Lipinski definition) is 5. The van der Waals surface area contributed by atoms with E-state index in [1.54, 1.807) is 6.20 Å². The first kappa shape index (κ1) is 11.4. The van der Waals surface area contributed by atoms with Crippen LogP contribution in [0.4, 0.5) is 5.82 Å². The van der Waals surface area contributed by atoms with Crippen LogP contribution in [0.5, 0.6) is 0 Å². The SMILES string of the molecule is CC1CN(c2ncncc2C#N)CC(C2CC2)O1. The summed E-state index contributed by atoms with van der Waals surface area (Å²) in [6, 6.07) is 2.16. The number of ether oxygens (including phenoxy) is 1. The molecule has 0 amide bonds. The molecule has 1 saturated carbocycles. The number of nitriles is 1. The predicted molar refractivity (Wildman–Crippen MR) is 66.0 cm³/mol. The van der Waals surface area contributed by atoms with Crippen molar-refractivity contribution in [2.45, 2.75) is 32.0 Å². The Kier molecular flexibility index (Phi) is 2.88. The fraction of sp³-hybridized carbons (Fsp3) is 0.615. The summed E-state index contributed by atoms with van der Waals surface area (Å²) < 4.78 is 5.97. The van der Waals surface area contributed by atoms with Gasteiger partial charge in [0, 0.05) is 13.1 Å². The standard InChI is InChI=1S/C13H16N4O/c1-9-6-17(7-12(18-9)10-2-3-10)13-11(4-14)5-15-8-16-13/h5,8-10,12H,2-3,6-7H2,1H3. The van der Waals surface area contributed by atoms with Crippen LogP contribution in [-0.4, -0.2) is 35.3 Å². The van der Waals surface area contributed by atoms with E-state index in [1.807, 2.05) is 0 Å². The van der Waals surface area contributed by atoms with E-state index in [2.05, 4.69) is 27.9 Å². The van der Waals surface area contributed by atoms with Gasteiger partial charge < -0.3 is 9.64 Å². The zero-order chi connectivity index (χ0) is 12.5. The van der Waals surface area contributed by atoms with Crippen molar-refractivity contribution in [2.75, 3.05) is 18.0 Å². The van der Waals surface area contributed by atoms with Crippen molar-refractivity contribution in [3.8, 4) is 6.07 Å². The first-order chi connectivity index (χ1) is 8.78. The number of aromatic nitrogens is 2. The zero-order valence-corrected chi connectivity index (χ0v) is 10.4. The molecule has 5 nitrogen and oxygen atoms in total. The molecule has 2 unspecified atom stereocenters. The van der Waals surface area contributed by atoms with Gasteiger partial charge in [-0.05, 0) is 25.7 Å². The summed E-state index contributed by atoms with van der Waals surface area (Å²) in [7, 11) is 0. The predicted octanol–water partition coefficient (Wildman–Crippen LogP) is 1.35. The molecule has 2 heterocycles. The zero-order valence-electron chi connectivity index (χ0n) is 10.4. The maximum Gasteiger partial charge on any atom is 0.150 e. The molecule has 0 radical (unpaired) electrons.